The second-order valence-corrected chi connectivity index (χ2v) is 4.51. The third kappa shape index (κ3) is 3.72. The van der Waals surface area contributed by atoms with Crippen LogP contribution >= 0.6 is 0 Å². The highest BCUT2D eigenvalue weighted by Crippen LogP contribution is 2.23. The summed E-state index contributed by atoms with van der Waals surface area (Å²) in [6.07, 6.45) is 0. The molecule has 0 aromatic heterocycles. The highest BCUT2D eigenvalue weighted by Gasteiger charge is 2.08. The fourth-order valence-electron chi connectivity index (χ4n) is 1.92. The lowest BCUT2D eigenvalue weighted by Crippen LogP contribution is -2.22. The summed E-state index contributed by atoms with van der Waals surface area (Å²) in [6.45, 7) is 1.71. The smallest absolute Gasteiger partial charge is 0.243 e. The van der Waals surface area contributed by atoms with E-state index in [0.29, 0.717) is 22.7 Å². The van der Waals surface area contributed by atoms with Crippen LogP contribution in [0.5, 0.6) is 5.75 Å². The van der Waals surface area contributed by atoms with Crippen LogP contribution in [0.2, 0.25) is 0 Å². The predicted molar refractivity (Wildman–Crippen MR) is 81.3 cm³/mol. The molecule has 0 fully saturated rings. The topological polar surface area (TPSA) is 50.4 Å². The molecule has 0 radical (unpaired) electrons. The molecule has 2 rings (SSSR count). The van der Waals surface area contributed by atoms with Crippen LogP contribution in [0.4, 0.5) is 15.8 Å². The first-order valence-electron chi connectivity index (χ1n) is 6.53. The van der Waals surface area contributed by atoms with Gasteiger partial charge < -0.3 is 15.4 Å². The minimum Gasteiger partial charge on any atom is -0.495 e. The van der Waals surface area contributed by atoms with Crippen molar-refractivity contribution in [1.82, 2.24) is 0 Å². The number of para-hydroxylation sites is 2. The molecule has 5 heteroatoms. The number of amides is 1. The van der Waals surface area contributed by atoms with E-state index in [4.69, 9.17) is 4.74 Å². The summed E-state index contributed by atoms with van der Waals surface area (Å²) in [4.78, 5) is 11.9. The van der Waals surface area contributed by atoms with E-state index in [9.17, 15) is 9.18 Å². The zero-order chi connectivity index (χ0) is 15.2. The highest BCUT2D eigenvalue weighted by molar-refractivity contribution is 5.95. The van der Waals surface area contributed by atoms with Gasteiger partial charge in [-0.2, -0.15) is 0 Å². The minimum atomic E-state index is -0.301. The molecule has 0 aliphatic heterocycles. The summed E-state index contributed by atoms with van der Waals surface area (Å²) in [5.41, 5.74) is 1.69. The molecule has 1 amide bonds. The fourth-order valence-corrected chi connectivity index (χ4v) is 1.92. The third-order valence-corrected chi connectivity index (χ3v) is 3.09. The molecule has 2 aromatic rings. The molecule has 0 saturated heterocycles. The van der Waals surface area contributed by atoms with Crippen LogP contribution in [0.25, 0.3) is 0 Å². The van der Waals surface area contributed by atoms with Gasteiger partial charge in [-0.05, 0) is 31.2 Å². The molecule has 0 heterocycles. The normalized spacial score (nSPS) is 10.0. The molecule has 2 aromatic carbocycles. The number of anilines is 2. The first-order chi connectivity index (χ1) is 10.1. The van der Waals surface area contributed by atoms with Gasteiger partial charge in [-0.1, -0.05) is 18.2 Å². The largest absolute Gasteiger partial charge is 0.495 e. The van der Waals surface area contributed by atoms with Crippen molar-refractivity contribution < 1.29 is 13.9 Å². The lowest BCUT2D eigenvalue weighted by Gasteiger charge is -2.12. The lowest BCUT2D eigenvalue weighted by atomic mass is 10.2. The SMILES string of the molecule is COc1ccccc1NC(=O)CNc1cccc(F)c1C. The number of halogens is 1. The monoisotopic (exact) mass is 288 g/mol. The van der Waals surface area contributed by atoms with Gasteiger partial charge in [0.15, 0.2) is 0 Å². The molecule has 0 bridgehead atoms. The summed E-state index contributed by atoms with van der Waals surface area (Å²) in [7, 11) is 1.54. The van der Waals surface area contributed by atoms with Gasteiger partial charge in [0.2, 0.25) is 5.91 Å². The van der Waals surface area contributed by atoms with Crippen molar-refractivity contribution in [2.24, 2.45) is 0 Å². The van der Waals surface area contributed by atoms with Crippen LogP contribution in [0.3, 0.4) is 0 Å². The second kappa shape index (κ2) is 6.74. The van der Waals surface area contributed by atoms with Crippen LogP contribution in [0.15, 0.2) is 42.5 Å². The van der Waals surface area contributed by atoms with Crippen LogP contribution < -0.4 is 15.4 Å². The van der Waals surface area contributed by atoms with Crippen molar-refractivity contribution in [1.29, 1.82) is 0 Å². The summed E-state index contributed by atoms with van der Waals surface area (Å²) in [5.74, 6) is 0.0566. The van der Waals surface area contributed by atoms with Gasteiger partial charge in [0.1, 0.15) is 11.6 Å². The van der Waals surface area contributed by atoms with E-state index >= 15 is 0 Å². The molecule has 0 spiro atoms. The number of carbonyl (C=O) groups is 1. The number of nitrogens with one attached hydrogen (secondary N) is 2. The molecule has 4 nitrogen and oxygen atoms in total. The van der Waals surface area contributed by atoms with Gasteiger partial charge in [-0.25, -0.2) is 4.39 Å². The number of benzene rings is 2. The number of carbonyl (C=O) groups excluding carboxylic acids is 1. The van der Waals surface area contributed by atoms with Crippen molar-refractivity contribution in [2.75, 3.05) is 24.3 Å². The average Bonchev–Trinajstić information content (AvgIpc) is 2.49. The maximum absolute atomic E-state index is 13.4. The van der Waals surface area contributed by atoms with E-state index in [1.54, 1.807) is 38.3 Å². The maximum Gasteiger partial charge on any atom is 0.243 e. The Bertz CT molecular complexity index is 644. The average molecular weight is 288 g/mol. The first-order valence-corrected chi connectivity index (χ1v) is 6.53. The Kier molecular flexibility index (Phi) is 4.77. The summed E-state index contributed by atoms with van der Waals surface area (Å²) in [6, 6.07) is 11.9. The zero-order valence-corrected chi connectivity index (χ0v) is 11.9. The number of methoxy groups -OCH3 is 1. The van der Waals surface area contributed by atoms with Crippen LogP contribution in [0, 0.1) is 12.7 Å². The standard InChI is InChI=1S/C16H17FN2O2/c1-11-12(17)6-5-8-13(11)18-10-16(20)19-14-7-3-4-9-15(14)21-2/h3-9,18H,10H2,1-2H3,(H,19,20). The molecule has 2 N–H and O–H groups in total. The van der Waals surface area contributed by atoms with E-state index in [0.717, 1.165) is 0 Å². The van der Waals surface area contributed by atoms with Crippen molar-refractivity contribution in [3.05, 3.63) is 53.8 Å². The molecule has 110 valence electrons. The van der Waals surface area contributed by atoms with Crippen LogP contribution in [-0.2, 0) is 4.79 Å². The van der Waals surface area contributed by atoms with E-state index in [1.807, 2.05) is 12.1 Å². The molecule has 0 aliphatic carbocycles. The van der Waals surface area contributed by atoms with Gasteiger partial charge >= 0.3 is 0 Å². The first kappa shape index (κ1) is 14.8. The predicted octanol–water partition coefficient (Wildman–Crippen LogP) is 3.19. The van der Waals surface area contributed by atoms with E-state index < -0.39 is 0 Å². The quantitative estimate of drug-likeness (QED) is 0.888. The van der Waals surface area contributed by atoms with Crippen molar-refractivity contribution in [2.45, 2.75) is 6.92 Å². The summed E-state index contributed by atoms with van der Waals surface area (Å²) < 4.78 is 18.6. The van der Waals surface area contributed by atoms with Gasteiger partial charge in [0.05, 0.1) is 19.3 Å². The number of rotatable bonds is 5. The number of hydrogen-bond donors (Lipinski definition) is 2. The van der Waals surface area contributed by atoms with E-state index in [-0.39, 0.29) is 18.3 Å². The zero-order valence-electron chi connectivity index (χ0n) is 11.9. The van der Waals surface area contributed by atoms with Crippen molar-refractivity contribution in [3.8, 4) is 5.75 Å². The van der Waals surface area contributed by atoms with E-state index in [1.165, 1.54) is 6.07 Å². The molecule has 0 atom stereocenters. The van der Waals surface area contributed by atoms with Gasteiger partial charge in [-0.3, -0.25) is 4.79 Å². The number of hydrogen-bond acceptors (Lipinski definition) is 3. The van der Waals surface area contributed by atoms with Crippen LogP contribution in [-0.4, -0.2) is 19.6 Å². The Balaban J connectivity index is 1.98. The Morgan fingerprint density at radius 1 is 1.14 bits per heavy atom. The Hall–Kier alpha value is -2.56. The molecule has 0 aliphatic rings. The summed E-state index contributed by atoms with van der Waals surface area (Å²) in [5, 5.41) is 5.66. The molecule has 21 heavy (non-hydrogen) atoms. The Morgan fingerprint density at radius 2 is 1.86 bits per heavy atom. The van der Waals surface area contributed by atoms with Gasteiger partial charge in [0, 0.05) is 11.3 Å². The Morgan fingerprint density at radius 3 is 2.62 bits per heavy atom. The van der Waals surface area contributed by atoms with Crippen LogP contribution in [0.1, 0.15) is 5.56 Å². The maximum atomic E-state index is 13.4. The second-order valence-electron chi connectivity index (χ2n) is 4.51. The third-order valence-electron chi connectivity index (χ3n) is 3.09. The number of ether oxygens (including phenoxy) is 1. The van der Waals surface area contributed by atoms with Gasteiger partial charge in [-0.15, -0.1) is 0 Å². The summed E-state index contributed by atoms with van der Waals surface area (Å²) >= 11 is 0. The Labute approximate surface area is 122 Å². The highest BCUT2D eigenvalue weighted by atomic mass is 19.1. The molecule has 0 unspecified atom stereocenters. The lowest BCUT2D eigenvalue weighted by molar-refractivity contribution is -0.114. The van der Waals surface area contributed by atoms with Crippen molar-refractivity contribution >= 4 is 17.3 Å². The fraction of sp³-hybridized carbons (Fsp3) is 0.188. The van der Waals surface area contributed by atoms with E-state index in [2.05, 4.69) is 10.6 Å². The minimum absolute atomic E-state index is 0.0440. The molecular formula is C16H17FN2O2. The van der Waals surface area contributed by atoms with Gasteiger partial charge in [0.25, 0.3) is 0 Å². The van der Waals surface area contributed by atoms with Crippen molar-refractivity contribution in [3.63, 3.8) is 0 Å². The molecular weight excluding hydrogens is 271 g/mol. The molecule has 0 saturated carbocycles.